The first-order valence-corrected chi connectivity index (χ1v) is 7.22. The number of rotatable bonds is 9. The topological polar surface area (TPSA) is 97.1 Å². The minimum Gasteiger partial charge on any atom is -0.343 e. The van der Waals surface area contributed by atoms with Crippen molar-refractivity contribution >= 4 is 10.0 Å². The van der Waals surface area contributed by atoms with Gasteiger partial charge in [-0.1, -0.05) is 12.1 Å². The van der Waals surface area contributed by atoms with Gasteiger partial charge in [0.1, 0.15) is 0 Å². The molecule has 0 spiro atoms. The van der Waals surface area contributed by atoms with Gasteiger partial charge >= 0.3 is 0 Å². The van der Waals surface area contributed by atoms with Crippen LogP contribution in [0, 0.1) is 0 Å². The van der Waals surface area contributed by atoms with Crippen molar-refractivity contribution in [2.75, 3.05) is 25.4 Å². The largest absolute Gasteiger partial charge is 0.343 e. The summed E-state index contributed by atoms with van der Waals surface area (Å²) in [6.07, 6.45) is 2.26. The van der Waals surface area contributed by atoms with E-state index >= 15 is 0 Å². The van der Waals surface area contributed by atoms with Crippen molar-refractivity contribution in [3.8, 4) is 0 Å². The number of nitrogens with zero attached hydrogens (tertiary/aromatic N) is 2. The molecular formula is C9H18N4O3S. The Balaban J connectivity index is 2.16. The number of hydrogen-bond donors (Lipinski definition) is 2. The van der Waals surface area contributed by atoms with Gasteiger partial charge in [-0.25, -0.2) is 13.1 Å². The fourth-order valence-corrected chi connectivity index (χ4v) is 2.34. The lowest BCUT2D eigenvalue weighted by molar-refractivity contribution is 0.410. The molecule has 0 aliphatic rings. The van der Waals surface area contributed by atoms with E-state index in [2.05, 4.69) is 24.7 Å². The normalized spacial score (nSPS) is 11.8. The second kappa shape index (κ2) is 7.36. The Labute approximate surface area is 101 Å². The number of sulfonamides is 1. The molecule has 1 aromatic rings. The molecule has 0 aliphatic carbocycles. The lowest BCUT2D eigenvalue weighted by atomic mass is 10.4. The van der Waals surface area contributed by atoms with Gasteiger partial charge in [0.25, 0.3) is 0 Å². The molecule has 0 saturated heterocycles. The average Bonchev–Trinajstić information content (AvgIpc) is 2.77. The van der Waals surface area contributed by atoms with Crippen LogP contribution in [0.5, 0.6) is 0 Å². The Bertz CT molecular complexity index is 390. The summed E-state index contributed by atoms with van der Waals surface area (Å²) >= 11 is 0. The monoisotopic (exact) mass is 262 g/mol. The summed E-state index contributed by atoms with van der Waals surface area (Å²) < 4.78 is 30.1. The molecule has 1 heterocycles. The molecule has 0 fully saturated rings. The summed E-state index contributed by atoms with van der Waals surface area (Å²) in [4.78, 5) is 3.80. The van der Waals surface area contributed by atoms with Crippen LogP contribution in [0.25, 0.3) is 0 Å². The van der Waals surface area contributed by atoms with Crippen molar-refractivity contribution in [2.24, 2.45) is 0 Å². The van der Waals surface area contributed by atoms with Crippen LogP contribution in [0.15, 0.2) is 10.9 Å². The van der Waals surface area contributed by atoms with Crippen LogP contribution in [-0.4, -0.2) is 43.9 Å². The third-order valence-corrected chi connectivity index (χ3v) is 3.56. The molecule has 0 radical (unpaired) electrons. The predicted octanol–water partition coefficient (Wildman–Crippen LogP) is -0.469. The molecule has 0 bridgehead atoms. The van der Waals surface area contributed by atoms with E-state index in [1.807, 2.05) is 6.92 Å². The lowest BCUT2D eigenvalue weighted by Gasteiger charge is -2.05. The summed E-state index contributed by atoms with van der Waals surface area (Å²) in [7, 11) is -3.19. The first-order valence-electron chi connectivity index (χ1n) is 5.57. The van der Waals surface area contributed by atoms with Crippen molar-refractivity contribution in [1.82, 2.24) is 20.2 Å². The quantitative estimate of drug-likeness (QED) is 0.584. The number of aromatic nitrogens is 2. The van der Waals surface area contributed by atoms with Crippen LogP contribution in [0.1, 0.15) is 19.2 Å². The van der Waals surface area contributed by atoms with E-state index < -0.39 is 10.0 Å². The third-order valence-electron chi connectivity index (χ3n) is 2.09. The molecule has 2 N–H and O–H groups in total. The van der Waals surface area contributed by atoms with Crippen LogP contribution in [0.4, 0.5) is 0 Å². The third kappa shape index (κ3) is 6.35. The van der Waals surface area contributed by atoms with E-state index in [1.165, 1.54) is 6.39 Å². The van der Waals surface area contributed by atoms with Gasteiger partial charge < -0.3 is 9.84 Å². The fraction of sp³-hybridized carbons (Fsp3) is 0.778. The van der Waals surface area contributed by atoms with Gasteiger partial charge in [0, 0.05) is 13.0 Å². The van der Waals surface area contributed by atoms with Gasteiger partial charge in [-0.3, -0.25) is 0 Å². The van der Waals surface area contributed by atoms with Crippen LogP contribution >= 0.6 is 0 Å². The zero-order valence-corrected chi connectivity index (χ0v) is 10.7. The Morgan fingerprint density at radius 3 is 2.88 bits per heavy atom. The summed E-state index contributed by atoms with van der Waals surface area (Å²) in [5, 5.41) is 6.67. The number of hydrogen-bond acceptors (Lipinski definition) is 6. The Morgan fingerprint density at radius 2 is 2.24 bits per heavy atom. The van der Waals surface area contributed by atoms with E-state index in [4.69, 9.17) is 0 Å². The maximum Gasteiger partial charge on any atom is 0.213 e. The van der Waals surface area contributed by atoms with Crippen LogP contribution in [0.2, 0.25) is 0 Å². The molecule has 7 nitrogen and oxygen atoms in total. The maximum absolute atomic E-state index is 11.5. The molecule has 0 aromatic carbocycles. The molecule has 0 aliphatic heterocycles. The van der Waals surface area contributed by atoms with E-state index in [0.717, 1.165) is 6.54 Å². The van der Waals surface area contributed by atoms with Gasteiger partial charge in [0.05, 0.1) is 5.75 Å². The average molecular weight is 262 g/mol. The van der Waals surface area contributed by atoms with Crippen LogP contribution < -0.4 is 10.0 Å². The smallest absolute Gasteiger partial charge is 0.213 e. The van der Waals surface area contributed by atoms with Crippen molar-refractivity contribution in [3.05, 3.63) is 12.2 Å². The van der Waals surface area contributed by atoms with E-state index in [0.29, 0.717) is 31.8 Å². The van der Waals surface area contributed by atoms with Gasteiger partial charge in [-0.05, 0) is 19.5 Å². The summed E-state index contributed by atoms with van der Waals surface area (Å²) in [5.41, 5.74) is 0. The van der Waals surface area contributed by atoms with Crippen LogP contribution in [-0.2, 0) is 16.4 Å². The summed E-state index contributed by atoms with van der Waals surface area (Å²) in [6, 6.07) is 0. The summed E-state index contributed by atoms with van der Waals surface area (Å²) in [5.74, 6) is 0.632. The maximum atomic E-state index is 11.5. The Kier molecular flexibility index (Phi) is 6.09. The van der Waals surface area contributed by atoms with E-state index in [1.54, 1.807) is 0 Å². The highest BCUT2D eigenvalue weighted by Crippen LogP contribution is 1.92. The van der Waals surface area contributed by atoms with Crippen molar-refractivity contribution < 1.29 is 12.9 Å². The van der Waals surface area contributed by atoms with Gasteiger partial charge in [-0.2, -0.15) is 4.98 Å². The van der Waals surface area contributed by atoms with Gasteiger partial charge in [0.2, 0.25) is 16.4 Å². The molecule has 0 atom stereocenters. The van der Waals surface area contributed by atoms with E-state index in [9.17, 15) is 8.42 Å². The highest BCUT2D eigenvalue weighted by atomic mass is 32.2. The Morgan fingerprint density at radius 1 is 1.41 bits per heavy atom. The SMILES string of the molecule is CCNCCCS(=O)(=O)NCCc1ncon1. The highest BCUT2D eigenvalue weighted by Gasteiger charge is 2.09. The molecular weight excluding hydrogens is 244 g/mol. The molecule has 98 valence electrons. The second-order valence-electron chi connectivity index (χ2n) is 3.52. The Hall–Kier alpha value is -0.990. The molecule has 0 unspecified atom stereocenters. The van der Waals surface area contributed by atoms with Gasteiger partial charge in [-0.15, -0.1) is 0 Å². The summed E-state index contributed by atoms with van der Waals surface area (Å²) in [6.45, 7) is 3.84. The minimum atomic E-state index is -3.19. The van der Waals surface area contributed by atoms with Crippen molar-refractivity contribution in [3.63, 3.8) is 0 Å². The lowest BCUT2D eigenvalue weighted by Crippen LogP contribution is -2.30. The minimum absolute atomic E-state index is 0.131. The first-order chi connectivity index (χ1) is 8.14. The predicted molar refractivity (Wildman–Crippen MR) is 63.0 cm³/mol. The van der Waals surface area contributed by atoms with Crippen molar-refractivity contribution in [1.29, 1.82) is 0 Å². The zero-order valence-electron chi connectivity index (χ0n) is 9.85. The second-order valence-corrected chi connectivity index (χ2v) is 5.44. The van der Waals surface area contributed by atoms with Crippen LogP contribution in [0.3, 0.4) is 0 Å². The standard InChI is InChI=1S/C9H18N4O3S/c1-2-10-5-3-7-17(14,15)12-6-4-9-11-8-16-13-9/h8,10,12H,2-7H2,1H3. The fourth-order valence-electron chi connectivity index (χ4n) is 1.26. The molecule has 1 rings (SSSR count). The zero-order chi connectivity index (χ0) is 12.6. The number of nitrogens with one attached hydrogen (secondary N) is 2. The van der Waals surface area contributed by atoms with Crippen molar-refractivity contribution in [2.45, 2.75) is 19.8 Å². The highest BCUT2D eigenvalue weighted by molar-refractivity contribution is 7.89. The first kappa shape index (κ1) is 14.1. The molecule has 1 aromatic heterocycles. The molecule has 0 saturated carbocycles. The van der Waals surface area contributed by atoms with Gasteiger partial charge in [0.15, 0.2) is 5.82 Å². The molecule has 0 amide bonds. The van der Waals surface area contributed by atoms with E-state index in [-0.39, 0.29) is 5.75 Å². The molecule has 8 heteroatoms. The molecule has 17 heavy (non-hydrogen) atoms.